The molecular weight excluding hydrogens is 226 g/mol. The molecule has 0 saturated carbocycles. The van der Waals surface area contributed by atoms with Crippen molar-refractivity contribution in [3.8, 4) is 0 Å². The molecule has 1 N–H and O–H groups in total. The van der Waals surface area contributed by atoms with Crippen molar-refractivity contribution in [2.45, 2.75) is 6.92 Å². The van der Waals surface area contributed by atoms with Crippen molar-refractivity contribution in [2.75, 3.05) is 7.11 Å². The van der Waals surface area contributed by atoms with E-state index >= 15 is 0 Å². The first-order valence-electron chi connectivity index (χ1n) is 3.24. The Morgan fingerprint density at radius 2 is 2.42 bits per heavy atom. The zero-order valence-electron chi connectivity index (χ0n) is 6.68. The fourth-order valence-electron chi connectivity index (χ4n) is 0.808. The second-order valence-corrected chi connectivity index (χ2v) is 2.98. The molecule has 66 valence electrons. The van der Waals surface area contributed by atoms with E-state index in [0.717, 1.165) is 5.56 Å². The van der Waals surface area contributed by atoms with Gasteiger partial charge in [0.1, 0.15) is 0 Å². The minimum Gasteiger partial charge on any atom is -0.444 e. The third kappa shape index (κ3) is 1.86. The van der Waals surface area contributed by atoms with Crippen molar-refractivity contribution in [1.29, 1.82) is 0 Å². The molecule has 0 unspecified atom stereocenters. The number of hydroxylamine groups is 1. The summed E-state index contributed by atoms with van der Waals surface area (Å²) in [5.41, 5.74) is 2.92. The number of hydrogen-bond donors (Lipinski definition) is 1. The molecule has 0 saturated heterocycles. The zero-order chi connectivity index (χ0) is 9.14. The number of halogens is 1. The van der Waals surface area contributed by atoms with E-state index in [4.69, 9.17) is 4.42 Å². The van der Waals surface area contributed by atoms with Crippen LogP contribution in [0, 0.1) is 6.92 Å². The number of hydrogen-bond acceptors (Lipinski definition) is 3. The van der Waals surface area contributed by atoms with Gasteiger partial charge in [0, 0.05) is 5.56 Å². The smallest absolute Gasteiger partial charge is 0.310 e. The minimum absolute atomic E-state index is 0.253. The average molecular weight is 234 g/mol. The summed E-state index contributed by atoms with van der Waals surface area (Å²) in [6.07, 6.45) is 0. The molecule has 0 fully saturated rings. The highest BCUT2D eigenvalue weighted by atomic mass is 79.9. The SMILES string of the molecule is CONC(=O)c1oc(Br)cc1C. The van der Waals surface area contributed by atoms with Gasteiger partial charge in [-0.3, -0.25) is 9.63 Å². The summed E-state index contributed by atoms with van der Waals surface area (Å²) in [6.45, 7) is 1.78. The fraction of sp³-hybridized carbons (Fsp3) is 0.286. The Morgan fingerprint density at radius 3 is 2.83 bits per heavy atom. The Balaban J connectivity index is 2.87. The molecule has 0 atom stereocenters. The van der Waals surface area contributed by atoms with Crippen LogP contribution < -0.4 is 5.48 Å². The van der Waals surface area contributed by atoms with Gasteiger partial charge in [-0.2, -0.15) is 0 Å². The molecule has 0 aliphatic rings. The second kappa shape index (κ2) is 3.73. The lowest BCUT2D eigenvalue weighted by Gasteiger charge is -1.98. The van der Waals surface area contributed by atoms with E-state index in [1.807, 2.05) is 0 Å². The van der Waals surface area contributed by atoms with Crippen molar-refractivity contribution in [2.24, 2.45) is 0 Å². The fourth-order valence-corrected chi connectivity index (χ4v) is 1.31. The summed E-state index contributed by atoms with van der Waals surface area (Å²) in [4.78, 5) is 15.6. The Bertz CT molecular complexity index is 295. The Labute approximate surface area is 78.0 Å². The van der Waals surface area contributed by atoms with Crippen LogP contribution in [0.25, 0.3) is 0 Å². The van der Waals surface area contributed by atoms with E-state index in [2.05, 4.69) is 26.2 Å². The quantitative estimate of drug-likeness (QED) is 0.791. The monoisotopic (exact) mass is 233 g/mol. The van der Waals surface area contributed by atoms with Crippen LogP contribution in [0.5, 0.6) is 0 Å². The maximum Gasteiger partial charge on any atom is 0.310 e. The lowest BCUT2D eigenvalue weighted by molar-refractivity contribution is 0.0508. The third-order valence-electron chi connectivity index (χ3n) is 1.29. The first-order valence-corrected chi connectivity index (χ1v) is 4.03. The normalized spacial score (nSPS) is 9.92. The number of furan rings is 1. The number of amides is 1. The summed E-state index contributed by atoms with van der Waals surface area (Å²) in [6, 6.07) is 1.71. The highest BCUT2D eigenvalue weighted by Gasteiger charge is 2.13. The lowest BCUT2D eigenvalue weighted by atomic mass is 10.3. The number of carbonyl (C=O) groups excluding carboxylic acids is 1. The van der Waals surface area contributed by atoms with Gasteiger partial charge in [0.15, 0.2) is 10.4 Å². The molecule has 0 radical (unpaired) electrons. The number of nitrogens with one attached hydrogen (secondary N) is 1. The topological polar surface area (TPSA) is 51.5 Å². The minimum atomic E-state index is -0.388. The molecule has 1 aromatic rings. The van der Waals surface area contributed by atoms with Crippen LogP contribution in [0.2, 0.25) is 0 Å². The van der Waals surface area contributed by atoms with E-state index in [1.54, 1.807) is 13.0 Å². The van der Waals surface area contributed by atoms with Gasteiger partial charge < -0.3 is 4.42 Å². The predicted molar refractivity (Wildman–Crippen MR) is 45.6 cm³/mol. The molecule has 1 amide bonds. The Hall–Kier alpha value is -0.810. The van der Waals surface area contributed by atoms with Gasteiger partial charge in [0.2, 0.25) is 0 Å². The number of carbonyl (C=O) groups is 1. The summed E-state index contributed by atoms with van der Waals surface area (Å²) in [5, 5.41) is 0. The molecule has 1 aromatic heterocycles. The van der Waals surface area contributed by atoms with Crippen molar-refractivity contribution in [3.63, 3.8) is 0 Å². The highest BCUT2D eigenvalue weighted by molar-refractivity contribution is 9.10. The standard InChI is InChI=1S/C7H8BrNO3/c1-4-3-5(8)12-6(4)7(10)9-11-2/h3H,1-2H3,(H,9,10). The van der Waals surface area contributed by atoms with Gasteiger partial charge in [-0.1, -0.05) is 0 Å². The first-order chi connectivity index (χ1) is 5.65. The molecule has 0 aliphatic carbocycles. The van der Waals surface area contributed by atoms with Crippen LogP contribution in [0.3, 0.4) is 0 Å². The van der Waals surface area contributed by atoms with E-state index < -0.39 is 0 Å². The molecule has 12 heavy (non-hydrogen) atoms. The van der Waals surface area contributed by atoms with Crippen molar-refractivity contribution < 1.29 is 14.0 Å². The van der Waals surface area contributed by atoms with Crippen LogP contribution in [0.1, 0.15) is 16.1 Å². The van der Waals surface area contributed by atoms with Gasteiger partial charge in [-0.05, 0) is 28.9 Å². The first kappa shape index (κ1) is 9.28. The van der Waals surface area contributed by atoms with Gasteiger partial charge in [0.25, 0.3) is 0 Å². The van der Waals surface area contributed by atoms with Crippen LogP contribution in [-0.2, 0) is 4.84 Å². The van der Waals surface area contributed by atoms with E-state index in [1.165, 1.54) is 7.11 Å². The second-order valence-electron chi connectivity index (χ2n) is 2.20. The van der Waals surface area contributed by atoms with E-state index in [-0.39, 0.29) is 11.7 Å². The van der Waals surface area contributed by atoms with Crippen molar-refractivity contribution in [1.82, 2.24) is 5.48 Å². The summed E-state index contributed by atoms with van der Waals surface area (Å²) < 4.78 is 5.58. The molecule has 0 aliphatic heterocycles. The van der Waals surface area contributed by atoms with Crippen LogP contribution >= 0.6 is 15.9 Å². The highest BCUT2D eigenvalue weighted by Crippen LogP contribution is 2.19. The molecule has 0 aromatic carbocycles. The third-order valence-corrected chi connectivity index (χ3v) is 1.68. The van der Waals surface area contributed by atoms with Gasteiger partial charge in [-0.25, -0.2) is 5.48 Å². The predicted octanol–water partition coefficient (Wildman–Crippen LogP) is 1.64. The number of rotatable bonds is 2. The molecular formula is C7H8BrNO3. The van der Waals surface area contributed by atoms with E-state index in [0.29, 0.717) is 4.67 Å². The van der Waals surface area contributed by atoms with Crippen LogP contribution in [0.15, 0.2) is 15.2 Å². The summed E-state index contributed by atoms with van der Waals surface area (Å²) >= 11 is 3.11. The number of aryl methyl sites for hydroxylation is 1. The zero-order valence-corrected chi connectivity index (χ0v) is 8.27. The molecule has 1 rings (SSSR count). The summed E-state index contributed by atoms with van der Waals surface area (Å²) in [7, 11) is 1.37. The Kier molecular flexibility index (Phi) is 2.88. The maximum absolute atomic E-state index is 11.1. The Morgan fingerprint density at radius 1 is 1.75 bits per heavy atom. The molecule has 4 nitrogen and oxygen atoms in total. The van der Waals surface area contributed by atoms with Crippen LogP contribution in [0.4, 0.5) is 0 Å². The average Bonchev–Trinajstić information content (AvgIpc) is 2.30. The molecule has 0 bridgehead atoms. The molecule has 1 heterocycles. The van der Waals surface area contributed by atoms with Gasteiger partial charge in [-0.15, -0.1) is 0 Å². The summed E-state index contributed by atoms with van der Waals surface area (Å²) in [5.74, 6) is -0.135. The van der Waals surface area contributed by atoms with Crippen molar-refractivity contribution >= 4 is 21.8 Å². The maximum atomic E-state index is 11.1. The molecule has 0 spiro atoms. The van der Waals surface area contributed by atoms with Crippen molar-refractivity contribution in [3.05, 3.63) is 22.1 Å². The molecule has 5 heteroatoms. The lowest BCUT2D eigenvalue weighted by Crippen LogP contribution is -2.21. The van der Waals surface area contributed by atoms with Gasteiger partial charge >= 0.3 is 5.91 Å². The van der Waals surface area contributed by atoms with Crippen LogP contribution in [-0.4, -0.2) is 13.0 Å². The van der Waals surface area contributed by atoms with E-state index in [9.17, 15) is 4.79 Å². The largest absolute Gasteiger partial charge is 0.444 e. The van der Waals surface area contributed by atoms with Gasteiger partial charge in [0.05, 0.1) is 7.11 Å².